The van der Waals surface area contributed by atoms with Gasteiger partial charge in [0.1, 0.15) is 23.5 Å². The number of rotatable bonds is 6. The van der Waals surface area contributed by atoms with Gasteiger partial charge < -0.3 is 15.8 Å². The number of likely N-dealkylation sites (tertiary alicyclic amines) is 1. The molecule has 4 rings (SSSR count). The molecule has 2 heterocycles. The summed E-state index contributed by atoms with van der Waals surface area (Å²) in [5, 5.41) is 14.1. The van der Waals surface area contributed by atoms with Gasteiger partial charge in [-0.1, -0.05) is 12.1 Å². The van der Waals surface area contributed by atoms with E-state index in [1.54, 1.807) is 44.4 Å². The molecule has 1 aromatic carbocycles. The fraction of sp³-hybridized carbons (Fsp3) is 0.462. The normalized spacial score (nSPS) is 21.6. The minimum atomic E-state index is -0.972. The number of halogens is 1. The zero-order valence-electron chi connectivity index (χ0n) is 20.4. The van der Waals surface area contributed by atoms with Crippen molar-refractivity contribution in [1.82, 2.24) is 10.2 Å². The Bertz CT molecular complexity index is 1230. The van der Waals surface area contributed by atoms with Crippen LogP contribution in [0.25, 0.3) is 11.1 Å². The lowest BCUT2D eigenvalue weighted by molar-refractivity contribution is -0.128. The number of nitrogens with two attached hydrogens (primary N) is 1. The van der Waals surface area contributed by atoms with Crippen LogP contribution in [-0.2, 0) is 16.0 Å². The highest BCUT2D eigenvalue weighted by molar-refractivity contribution is 7.12. The highest BCUT2D eigenvalue weighted by Gasteiger charge is 2.52. The number of amides is 3. The molecular weight excluding hydrogens is 483 g/mol. The molecule has 10 heteroatoms. The standard InChI is InChI=1S/C26H29FN4O4S/c1-26(2,3)35-25(34)31-19-7-6-16(9-19)22(31)24(33)30-18(12-28)8-15-5-4-14(10-20(15)27)17-11-21(23(29)32)36-13-17/h4-5,10-11,13,16,18-19,22H,6-9H2,1-3H3,(H2,29,32)(H,30,33). The van der Waals surface area contributed by atoms with Crippen molar-refractivity contribution < 1.29 is 23.5 Å². The summed E-state index contributed by atoms with van der Waals surface area (Å²) >= 11 is 1.18. The van der Waals surface area contributed by atoms with E-state index in [1.165, 1.54) is 22.3 Å². The molecular formula is C26H29FN4O4S. The third-order valence-electron chi connectivity index (χ3n) is 6.58. The van der Waals surface area contributed by atoms with Gasteiger partial charge in [-0.05, 0) is 80.2 Å². The first-order chi connectivity index (χ1) is 17.0. The Hall–Kier alpha value is -3.45. The Morgan fingerprint density at radius 2 is 2.03 bits per heavy atom. The largest absolute Gasteiger partial charge is 0.444 e. The molecule has 2 bridgehead atoms. The van der Waals surface area contributed by atoms with Crippen molar-refractivity contribution in [2.75, 3.05) is 0 Å². The van der Waals surface area contributed by atoms with E-state index in [-0.39, 0.29) is 23.9 Å². The quantitative estimate of drug-likeness (QED) is 0.605. The zero-order valence-corrected chi connectivity index (χ0v) is 21.2. The zero-order chi connectivity index (χ0) is 26.2. The maximum Gasteiger partial charge on any atom is 0.411 e. The molecule has 1 aliphatic carbocycles. The molecule has 4 unspecified atom stereocenters. The lowest BCUT2D eigenvalue weighted by atomic mass is 9.97. The molecule has 36 heavy (non-hydrogen) atoms. The van der Waals surface area contributed by atoms with Gasteiger partial charge in [-0.3, -0.25) is 14.5 Å². The summed E-state index contributed by atoms with van der Waals surface area (Å²) in [6.07, 6.45) is 1.81. The average Bonchev–Trinajstić information content (AvgIpc) is 3.54. The summed E-state index contributed by atoms with van der Waals surface area (Å²) in [5.74, 6) is -1.48. The van der Waals surface area contributed by atoms with Crippen molar-refractivity contribution in [2.24, 2.45) is 11.7 Å². The first-order valence-electron chi connectivity index (χ1n) is 11.8. The van der Waals surface area contributed by atoms with Crippen LogP contribution in [0.2, 0.25) is 0 Å². The topological polar surface area (TPSA) is 126 Å². The second-order valence-electron chi connectivity index (χ2n) is 10.3. The number of primary amides is 1. The fourth-order valence-corrected chi connectivity index (χ4v) is 5.79. The second kappa shape index (κ2) is 9.90. The number of benzene rings is 1. The van der Waals surface area contributed by atoms with E-state index >= 15 is 0 Å². The van der Waals surface area contributed by atoms with Gasteiger partial charge in [0.25, 0.3) is 5.91 Å². The molecule has 1 aromatic heterocycles. The summed E-state index contributed by atoms with van der Waals surface area (Å²) in [4.78, 5) is 39.3. The van der Waals surface area contributed by atoms with E-state index in [1.807, 2.05) is 6.07 Å². The smallest absolute Gasteiger partial charge is 0.411 e. The Balaban J connectivity index is 1.45. The summed E-state index contributed by atoms with van der Waals surface area (Å²) in [6, 6.07) is 6.49. The SMILES string of the molecule is CC(C)(C)OC(=O)N1C2CCC(C2)C1C(=O)NC(C#N)Cc1ccc(-c2csc(C(N)=O)c2)cc1F. The number of carbonyl (C=O) groups is 3. The molecule has 0 radical (unpaired) electrons. The minimum Gasteiger partial charge on any atom is -0.444 e. The fourth-order valence-electron chi connectivity index (χ4n) is 5.02. The van der Waals surface area contributed by atoms with Crippen LogP contribution in [0.1, 0.15) is 55.3 Å². The van der Waals surface area contributed by atoms with Crippen LogP contribution in [-0.4, -0.2) is 46.5 Å². The van der Waals surface area contributed by atoms with Crippen LogP contribution in [0.5, 0.6) is 0 Å². The van der Waals surface area contributed by atoms with Gasteiger partial charge in [0.05, 0.1) is 10.9 Å². The number of thiophene rings is 1. The van der Waals surface area contributed by atoms with Crippen LogP contribution in [0.3, 0.4) is 0 Å². The number of nitrogens with zero attached hydrogens (tertiary/aromatic N) is 2. The molecule has 3 N–H and O–H groups in total. The predicted octanol–water partition coefficient (Wildman–Crippen LogP) is 3.99. The van der Waals surface area contributed by atoms with E-state index in [2.05, 4.69) is 5.32 Å². The summed E-state index contributed by atoms with van der Waals surface area (Å²) in [7, 11) is 0. The Kier molecular flexibility index (Phi) is 7.05. The number of nitrogens with one attached hydrogen (secondary N) is 1. The van der Waals surface area contributed by atoms with Crippen LogP contribution < -0.4 is 11.1 Å². The van der Waals surface area contributed by atoms with E-state index in [0.717, 1.165) is 19.3 Å². The van der Waals surface area contributed by atoms with Crippen molar-refractivity contribution >= 4 is 29.2 Å². The average molecular weight is 513 g/mol. The van der Waals surface area contributed by atoms with E-state index < -0.39 is 41.4 Å². The lowest BCUT2D eigenvalue weighted by Gasteiger charge is -2.35. The van der Waals surface area contributed by atoms with Crippen molar-refractivity contribution in [3.05, 3.63) is 45.9 Å². The predicted molar refractivity (Wildman–Crippen MR) is 132 cm³/mol. The number of hydrogen-bond donors (Lipinski definition) is 2. The minimum absolute atomic E-state index is 0.00813. The summed E-state index contributed by atoms with van der Waals surface area (Å²) in [6.45, 7) is 5.32. The Labute approximate surface area is 213 Å². The number of ether oxygens (including phenoxy) is 1. The summed E-state index contributed by atoms with van der Waals surface area (Å²) in [5.41, 5.74) is 6.12. The molecule has 2 aliphatic rings. The van der Waals surface area contributed by atoms with Crippen LogP contribution >= 0.6 is 11.3 Å². The first kappa shape index (κ1) is 25.6. The molecule has 0 spiro atoms. The van der Waals surface area contributed by atoms with Crippen molar-refractivity contribution in [2.45, 2.75) is 70.2 Å². The molecule has 1 aliphatic heterocycles. The molecule has 2 aromatic rings. The Morgan fingerprint density at radius 1 is 1.28 bits per heavy atom. The van der Waals surface area contributed by atoms with Gasteiger partial charge in [0.2, 0.25) is 5.91 Å². The van der Waals surface area contributed by atoms with Gasteiger partial charge in [0.15, 0.2) is 0 Å². The first-order valence-corrected chi connectivity index (χ1v) is 12.7. The molecule has 1 saturated carbocycles. The molecule has 190 valence electrons. The molecule has 4 atom stereocenters. The van der Waals surface area contributed by atoms with Crippen LogP contribution in [0.4, 0.5) is 9.18 Å². The molecule has 3 amide bonds. The van der Waals surface area contributed by atoms with Crippen molar-refractivity contribution in [3.8, 4) is 17.2 Å². The van der Waals surface area contributed by atoms with E-state index in [9.17, 15) is 24.0 Å². The van der Waals surface area contributed by atoms with E-state index in [4.69, 9.17) is 10.5 Å². The molecule has 1 saturated heterocycles. The monoisotopic (exact) mass is 512 g/mol. The summed E-state index contributed by atoms with van der Waals surface area (Å²) < 4.78 is 20.4. The number of nitriles is 1. The van der Waals surface area contributed by atoms with Gasteiger partial charge >= 0.3 is 6.09 Å². The third-order valence-corrected chi connectivity index (χ3v) is 7.53. The van der Waals surface area contributed by atoms with Gasteiger partial charge in [-0.25, -0.2) is 9.18 Å². The van der Waals surface area contributed by atoms with Crippen LogP contribution in [0.15, 0.2) is 29.6 Å². The van der Waals surface area contributed by atoms with Crippen LogP contribution in [0, 0.1) is 23.1 Å². The van der Waals surface area contributed by atoms with Gasteiger partial charge in [-0.15, -0.1) is 11.3 Å². The highest BCUT2D eigenvalue weighted by atomic mass is 32.1. The number of carbonyl (C=O) groups excluding carboxylic acids is 3. The molecule has 2 fully saturated rings. The third kappa shape index (κ3) is 5.36. The maximum atomic E-state index is 14.9. The Morgan fingerprint density at radius 3 is 2.64 bits per heavy atom. The van der Waals surface area contributed by atoms with Gasteiger partial charge in [-0.2, -0.15) is 5.26 Å². The molecule has 8 nitrogen and oxygen atoms in total. The number of fused-ring (bicyclic) bond motifs is 2. The van der Waals surface area contributed by atoms with Crippen molar-refractivity contribution in [1.29, 1.82) is 5.26 Å². The highest BCUT2D eigenvalue weighted by Crippen LogP contribution is 2.43. The maximum absolute atomic E-state index is 14.9. The van der Waals surface area contributed by atoms with E-state index in [0.29, 0.717) is 16.0 Å². The lowest BCUT2D eigenvalue weighted by Crippen LogP contribution is -2.55. The second-order valence-corrected chi connectivity index (χ2v) is 11.2. The van der Waals surface area contributed by atoms with Gasteiger partial charge in [0, 0.05) is 12.5 Å². The number of piperidine rings is 1. The van der Waals surface area contributed by atoms with Crippen molar-refractivity contribution in [3.63, 3.8) is 0 Å². The number of hydrogen-bond acceptors (Lipinski definition) is 6.